The van der Waals surface area contributed by atoms with Crippen LogP contribution in [0.1, 0.15) is 10.8 Å². The molecule has 0 aromatic heterocycles. The van der Waals surface area contributed by atoms with E-state index in [9.17, 15) is 9.59 Å². The van der Waals surface area contributed by atoms with E-state index in [1.165, 1.54) is 38.0 Å². The Labute approximate surface area is 191 Å². The number of carbonyl (C=O) groups excluding carboxylic acids is 2. The second-order valence-corrected chi connectivity index (χ2v) is 8.78. The van der Waals surface area contributed by atoms with E-state index in [-0.39, 0.29) is 0 Å². The topological polar surface area (TPSA) is 68.3 Å². The number of ether oxygens (including phenoxy) is 3. The average Bonchev–Trinajstić information content (AvgIpc) is 2.85. The number of methoxy groups -OCH3 is 3. The minimum atomic E-state index is -0.773. The van der Waals surface area contributed by atoms with Crippen LogP contribution in [-0.4, -0.2) is 65.1 Å². The van der Waals surface area contributed by atoms with Crippen molar-refractivity contribution < 1.29 is 23.8 Å². The Morgan fingerprint density at radius 2 is 1.68 bits per heavy atom. The van der Waals surface area contributed by atoms with Gasteiger partial charge in [-0.05, 0) is 50.0 Å². The molecule has 3 rings (SSSR count). The summed E-state index contributed by atoms with van der Waals surface area (Å²) in [6.45, 7) is 0.970. The number of benzene rings is 2. The van der Waals surface area contributed by atoms with Crippen molar-refractivity contribution in [2.75, 3.05) is 53.4 Å². The summed E-state index contributed by atoms with van der Waals surface area (Å²) >= 11 is 7.52. The highest BCUT2D eigenvalue weighted by atomic mass is 35.5. The van der Waals surface area contributed by atoms with Crippen LogP contribution in [0.3, 0.4) is 0 Å². The van der Waals surface area contributed by atoms with Crippen molar-refractivity contribution in [1.82, 2.24) is 4.90 Å². The zero-order valence-electron chi connectivity index (χ0n) is 18.1. The van der Waals surface area contributed by atoms with Crippen LogP contribution in [0.15, 0.2) is 35.2 Å². The van der Waals surface area contributed by atoms with Crippen LogP contribution >= 0.6 is 23.4 Å². The van der Waals surface area contributed by atoms with E-state index in [2.05, 4.69) is 0 Å². The molecule has 1 amide bonds. The summed E-state index contributed by atoms with van der Waals surface area (Å²) in [6, 6.07) is 8.72. The number of hydrogen-bond acceptors (Lipinski definition) is 7. The second kappa shape index (κ2) is 9.80. The molecule has 0 fully saturated rings. The Bertz CT molecular complexity index is 973. The van der Waals surface area contributed by atoms with E-state index in [4.69, 9.17) is 25.8 Å². The van der Waals surface area contributed by atoms with Gasteiger partial charge >= 0.3 is 0 Å². The first-order valence-corrected chi connectivity index (χ1v) is 10.8. The lowest BCUT2D eigenvalue weighted by Crippen LogP contribution is -2.41. The van der Waals surface area contributed by atoms with Crippen molar-refractivity contribution >= 4 is 40.7 Å². The molecule has 0 bridgehead atoms. The van der Waals surface area contributed by atoms with Gasteiger partial charge in [0.15, 0.2) is 11.5 Å². The molecule has 1 atom stereocenters. The number of hydrogen-bond donors (Lipinski definition) is 0. The highest BCUT2D eigenvalue weighted by Gasteiger charge is 2.38. The van der Waals surface area contributed by atoms with Gasteiger partial charge in [0.2, 0.25) is 11.5 Å². The summed E-state index contributed by atoms with van der Waals surface area (Å²) in [5, 5.41) is -0.272. The van der Waals surface area contributed by atoms with Gasteiger partial charge < -0.3 is 24.0 Å². The van der Waals surface area contributed by atoms with Gasteiger partial charge in [0.05, 0.1) is 27.0 Å². The van der Waals surface area contributed by atoms with E-state index in [1.807, 2.05) is 25.1 Å². The third kappa shape index (κ3) is 4.76. The number of nitrogens with zero attached hydrogens (tertiary/aromatic N) is 2. The van der Waals surface area contributed by atoms with Crippen LogP contribution in [0, 0.1) is 0 Å². The van der Waals surface area contributed by atoms with Crippen molar-refractivity contribution in [2.24, 2.45) is 0 Å². The molecule has 1 aliphatic heterocycles. The smallest absolute Gasteiger partial charge is 0.296 e. The van der Waals surface area contributed by atoms with Crippen molar-refractivity contribution in [2.45, 2.75) is 10.1 Å². The maximum atomic E-state index is 13.3. The molecule has 2 aromatic rings. The first-order chi connectivity index (χ1) is 14.8. The number of anilines is 1. The first-order valence-electron chi connectivity index (χ1n) is 9.57. The van der Waals surface area contributed by atoms with Crippen molar-refractivity contribution in [1.29, 1.82) is 0 Å². The van der Waals surface area contributed by atoms with Crippen LogP contribution < -0.4 is 19.1 Å². The first kappa shape index (κ1) is 23.2. The van der Waals surface area contributed by atoms with E-state index >= 15 is 0 Å². The largest absolute Gasteiger partial charge is 0.493 e. The van der Waals surface area contributed by atoms with E-state index in [1.54, 1.807) is 24.3 Å². The van der Waals surface area contributed by atoms with Gasteiger partial charge in [-0.1, -0.05) is 11.6 Å². The van der Waals surface area contributed by atoms with Gasteiger partial charge in [-0.3, -0.25) is 9.59 Å². The Morgan fingerprint density at radius 1 is 1.03 bits per heavy atom. The van der Waals surface area contributed by atoms with Crippen LogP contribution in [-0.2, 0) is 9.59 Å². The molecule has 1 unspecified atom stereocenters. The van der Waals surface area contributed by atoms with E-state index in [0.717, 1.165) is 4.90 Å². The maximum absolute atomic E-state index is 13.3. The predicted molar refractivity (Wildman–Crippen MR) is 122 cm³/mol. The standard InChI is InChI=1S/C22H25ClN2O5S/c1-24(2)8-9-25-15-12-14(23)6-7-18(15)31-21(19(26)22(25)27)13-10-16(28-3)20(30-5)17(11-13)29-4/h6-7,10-12,21H,8-9H2,1-5H3. The maximum Gasteiger partial charge on any atom is 0.296 e. The number of fused-ring (bicyclic) bond motifs is 1. The lowest BCUT2D eigenvalue weighted by Gasteiger charge is -2.23. The minimum Gasteiger partial charge on any atom is -0.493 e. The molecule has 9 heteroatoms. The molecule has 0 saturated carbocycles. The summed E-state index contributed by atoms with van der Waals surface area (Å²) < 4.78 is 16.2. The summed E-state index contributed by atoms with van der Waals surface area (Å²) in [6.07, 6.45) is 0. The molecule has 1 aliphatic rings. The fourth-order valence-corrected chi connectivity index (χ4v) is 4.67. The molecule has 7 nitrogen and oxygen atoms in total. The van der Waals surface area contributed by atoms with Gasteiger partial charge in [-0.15, -0.1) is 11.8 Å². The molecule has 0 N–H and O–H groups in total. The van der Waals surface area contributed by atoms with Gasteiger partial charge in [-0.25, -0.2) is 0 Å². The van der Waals surface area contributed by atoms with Gasteiger partial charge in [0, 0.05) is 23.0 Å². The molecule has 0 spiro atoms. The Hall–Kier alpha value is -2.42. The summed E-state index contributed by atoms with van der Waals surface area (Å²) in [4.78, 5) is 30.9. The van der Waals surface area contributed by atoms with Crippen molar-refractivity contribution in [3.8, 4) is 17.2 Å². The normalized spacial score (nSPS) is 16.2. The fourth-order valence-electron chi connectivity index (χ4n) is 3.33. The van der Waals surface area contributed by atoms with E-state index in [0.29, 0.717) is 46.6 Å². The predicted octanol–water partition coefficient (Wildman–Crippen LogP) is 3.68. The molecular formula is C22H25ClN2O5S. The number of ketones is 1. The van der Waals surface area contributed by atoms with Crippen LogP contribution in [0.4, 0.5) is 5.69 Å². The number of rotatable bonds is 7. The zero-order valence-corrected chi connectivity index (χ0v) is 19.7. The summed E-state index contributed by atoms with van der Waals surface area (Å²) in [5.41, 5.74) is 1.22. The highest BCUT2D eigenvalue weighted by Crippen LogP contribution is 2.48. The van der Waals surface area contributed by atoms with Gasteiger partial charge in [0.1, 0.15) is 5.25 Å². The number of amides is 1. The number of carbonyl (C=O) groups is 2. The fraction of sp³-hybridized carbons (Fsp3) is 0.364. The number of halogens is 1. The van der Waals surface area contributed by atoms with Gasteiger partial charge in [-0.2, -0.15) is 0 Å². The highest BCUT2D eigenvalue weighted by molar-refractivity contribution is 8.00. The molecule has 0 saturated heterocycles. The lowest BCUT2D eigenvalue weighted by atomic mass is 10.1. The SMILES string of the molecule is COc1cc(C2Sc3ccc(Cl)cc3N(CCN(C)C)C(=O)C2=O)cc(OC)c1OC. The quantitative estimate of drug-likeness (QED) is 0.579. The van der Waals surface area contributed by atoms with Crippen molar-refractivity contribution in [3.05, 3.63) is 40.9 Å². The summed E-state index contributed by atoms with van der Waals surface area (Å²) in [7, 11) is 8.35. The van der Waals surface area contributed by atoms with Crippen molar-refractivity contribution in [3.63, 3.8) is 0 Å². The van der Waals surface area contributed by atoms with E-state index < -0.39 is 16.9 Å². The average molecular weight is 465 g/mol. The van der Waals surface area contributed by atoms with Crippen LogP contribution in [0.2, 0.25) is 5.02 Å². The second-order valence-electron chi connectivity index (χ2n) is 7.19. The minimum absolute atomic E-state index is 0.369. The molecule has 2 aromatic carbocycles. The molecule has 166 valence electrons. The molecule has 0 aliphatic carbocycles. The Kier molecular flexibility index (Phi) is 7.35. The molecular weight excluding hydrogens is 440 g/mol. The third-order valence-electron chi connectivity index (χ3n) is 4.91. The van der Waals surface area contributed by atoms with Gasteiger partial charge in [0.25, 0.3) is 5.91 Å². The third-order valence-corrected chi connectivity index (χ3v) is 6.47. The molecule has 31 heavy (non-hydrogen) atoms. The number of Topliss-reactive ketones (excluding diaryl/α,β-unsaturated/α-hetero) is 1. The van der Waals surface area contributed by atoms with Crippen LogP contribution in [0.5, 0.6) is 17.2 Å². The lowest BCUT2D eigenvalue weighted by molar-refractivity contribution is -0.136. The van der Waals surface area contributed by atoms with Crippen LogP contribution in [0.25, 0.3) is 0 Å². The Balaban J connectivity index is 2.11. The Morgan fingerprint density at radius 3 is 2.23 bits per heavy atom. The molecule has 1 heterocycles. The zero-order chi connectivity index (χ0) is 22.7. The number of likely N-dealkylation sites (N-methyl/N-ethyl adjacent to an activating group) is 1. The summed E-state index contributed by atoms with van der Waals surface area (Å²) in [5.74, 6) is 0.163. The molecule has 0 radical (unpaired) electrons. The monoisotopic (exact) mass is 464 g/mol. The number of thioether (sulfide) groups is 1.